The number of ketones is 1. The zero-order chi connectivity index (χ0) is 15.7. The number of benzene rings is 1. The van der Waals surface area contributed by atoms with Crippen LogP contribution in [-0.4, -0.2) is 42.9 Å². The van der Waals surface area contributed by atoms with Gasteiger partial charge in [0.2, 0.25) is 0 Å². The lowest BCUT2D eigenvalue weighted by molar-refractivity contribution is -0.153. The molecule has 1 saturated heterocycles. The first-order valence-corrected chi connectivity index (χ1v) is 7.88. The lowest BCUT2D eigenvalue weighted by Crippen LogP contribution is -2.45. The highest BCUT2D eigenvalue weighted by Crippen LogP contribution is 2.35. The van der Waals surface area contributed by atoms with Gasteiger partial charge in [-0.05, 0) is 41.8 Å². The SMILES string of the molecule is CCOC(=O)C1CN(CC2=Cc3ccc(Cl)cc32)CCC1=O.Cl. The Morgan fingerprint density at radius 1 is 1.43 bits per heavy atom. The molecule has 1 aromatic carbocycles. The number of esters is 1. The average Bonchev–Trinajstić information content (AvgIpc) is 2.48. The number of piperidine rings is 1. The monoisotopic (exact) mass is 355 g/mol. The zero-order valence-electron chi connectivity index (χ0n) is 12.9. The van der Waals surface area contributed by atoms with Gasteiger partial charge in [-0.3, -0.25) is 14.5 Å². The molecule has 23 heavy (non-hydrogen) atoms. The van der Waals surface area contributed by atoms with E-state index < -0.39 is 11.9 Å². The summed E-state index contributed by atoms with van der Waals surface area (Å²) in [6.07, 6.45) is 2.53. The number of likely N-dealkylation sites (tertiary alicyclic amines) is 1. The summed E-state index contributed by atoms with van der Waals surface area (Å²) >= 11 is 6.03. The molecule has 1 aliphatic heterocycles. The van der Waals surface area contributed by atoms with E-state index in [1.54, 1.807) is 6.92 Å². The molecule has 4 nitrogen and oxygen atoms in total. The van der Waals surface area contributed by atoms with Crippen LogP contribution in [0.5, 0.6) is 0 Å². The van der Waals surface area contributed by atoms with Crippen molar-refractivity contribution in [1.82, 2.24) is 4.90 Å². The van der Waals surface area contributed by atoms with Gasteiger partial charge < -0.3 is 4.74 Å². The van der Waals surface area contributed by atoms with Crippen LogP contribution in [0.25, 0.3) is 11.6 Å². The van der Waals surface area contributed by atoms with Gasteiger partial charge in [-0.15, -0.1) is 12.4 Å². The first-order chi connectivity index (χ1) is 10.6. The van der Waals surface area contributed by atoms with E-state index in [0.717, 1.165) is 17.1 Å². The van der Waals surface area contributed by atoms with E-state index in [9.17, 15) is 9.59 Å². The normalized spacial score (nSPS) is 20.0. The van der Waals surface area contributed by atoms with Crippen molar-refractivity contribution in [2.45, 2.75) is 13.3 Å². The van der Waals surface area contributed by atoms with Gasteiger partial charge in [0.1, 0.15) is 11.7 Å². The van der Waals surface area contributed by atoms with E-state index in [0.29, 0.717) is 26.1 Å². The van der Waals surface area contributed by atoms with E-state index >= 15 is 0 Å². The highest BCUT2D eigenvalue weighted by molar-refractivity contribution is 6.31. The van der Waals surface area contributed by atoms with Crippen LogP contribution in [0.15, 0.2) is 18.2 Å². The second kappa shape index (κ2) is 7.47. The summed E-state index contributed by atoms with van der Waals surface area (Å²) < 4.78 is 5.00. The van der Waals surface area contributed by atoms with E-state index in [1.165, 1.54) is 11.1 Å². The molecule has 1 aliphatic carbocycles. The molecule has 0 radical (unpaired) electrons. The quantitative estimate of drug-likeness (QED) is 0.615. The Morgan fingerprint density at radius 3 is 2.96 bits per heavy atom. The summed E-state index contributed by atoms with van der Waals surface area (Å²) in [5.74, 6) is -1.06. The number of hydrogen-bond acceptors (Lipinski definition) is 4. The van der Waals surface area contributed by atoms with Crippen molar-refractivity contribution < 1.29 is 14.3 Å². The van der Waals surface area contributed by atoms with Gasteiger partial charge in [-0.1, -0.05) is 17.7 Å². The van der Waals surface area contributed by atoms with Crippen molar-refractivity contribution in [1.29, 1.82) is 0 Å². The van der Waals surface area contributed by atoms with Gasteiger partial charge in [0, 0.05) is 31.1 Å². The Labute approximate surface area is 146 Å². The maximum absolute atomic E-state index is 11.9. The number of rotatable bonds is 4. The maximum Gasteiger partial charge on any atom is 0.317 e. The molecule has 6 heteroatoms. The van der Waals surface area contributed by atoms with Crippen LogP contribution < -0.4 is 0 Å². The second-order valence-electron chi connectivity index (χ2n) is 5.66. The van der Waals surface area contributed by atoms with E-state index in [4.69, 9.17) is 16.3 Å². The summed E-state index contributed by atoms with van der Waals surface area (Å²) in [4.78, 5) is 25.9. The predicted octanol–water partition coefficient (Wildman–Crippen LogP) is 3.07. The van der Waals surface area contributed by atoms with Crippen LogP contribution in [-0.2, 0) is 14.3 Å². The van der Waals surface area contributed by atoms with Crippen LogP contribution in [0.1, 0.15) is 24.5 Å². The molecular formula is C17H19Cl2NO3. The molecule has 0 saturated carbocycles. The van der Waals surface area contributed by atoms with Crippen LogP contribution in [0.3, 0.4) is 0 Å². The van der Waals surface area contributed by atoms with Gasteiger partial charge in [0.25, 0.3) is 0 Å². The number of halogens is 2. The lowest BCUT2D eigenvalue weighted by atomic mass is 9.87. The molecule has 1 atom stereocenters. The van der Waals surface area contributed by atoms with E-state index in [-0.39, 0.29) is 18.2 Å². The molecule has 3 rings (SSSR count). The minimum atomic E-state index is -0.645. The zero-order valence-corrected chi connectivity index (χ0v) is 14.5. The number of nitrogens with zero attached hydrogens (tertiary/aromatic N) is 1. The van der Waals surface area contributed by atoms with Crippen LogP contribution in [0.2, 0.25) is 5.02 Å². The largest absolute Gasteiger partial charge is 0.465 e. The van der Waals surface area contributed by atoms with Crippen molar-refractivity contribution in [2.75, 3.05) is 26.2 Å². The summed E-state index contributed by atoms with van der Waals surface area (Å²) in [7, 11) is 0. The third-order valence-electron chi connectivity index (χ3n) is 4.16. The molecule has 1 unspecified atom stereocenters. The van der Waals surface area contributed by atoms with Gasteiger partial charge in [0.15, 0.2) is 0 Å². The van der Waals surface area contributed by atoms with E-state index in [1.807, 2.05) is 18.2 Å². The summed E-state index contributed by atoms with van der Waals surface area (Å²) in [5.41, 5.74) is 3.56. The molecular weight excluding hydrogens is 337 g/mol. The third kappa shape index (κ3) is 3.77. The first kappa shape index (κ1) is 18.0. The third-order valence-corrected chi connectivity index (χ3v) is 4.40. The van der Waals surface area contributed by atoms with E-state index in [2.05, 4.69) is 11.0 Å². The van der Waals surface area contributed by atoms with Crippen molar-refractivity contribution in [3.63, 3.8) is 0 Å². The molecule has 124 valence electrons. The molecule has 0 amide bonds. The highest BCUT2D eigenvalue weighted by atomic mass is 35.5. The Balaban J connectivity index is 0.00000192. The molecule has 0 spiro atoms. The number of ether oxygens (including phenoxy) is 1. The first-order valence-electron chi connectivity index (χ1n) is 7.50. The lowest BCUT2D eigenvalue weighted by Gasteiger charge is -2.33. The molecule has 0 N–H and O–H groups in total. The molecule has 0 aromatic heterocycles. The Kier molecular flexibility index (Phi) is 5.84. The van der Waals surface area contributed by atoms with Crippen LogP contribution in [0, 0.1) is 5.92 Å². The Morgan fingerprint density at radius 2 is 2.22 bits per heavy atom. The second-order valence-corrected chi connectivity index (χ2v) is 6.09. The van der Waals surface area contributed by atoms with Gasteiger partial charge in [0.05, 0.1) is 6.61 Å². The van der Waals surface area contributed by atoms with Crippen molar-refractivity contribution in [3.05, 3.63) is 34.3 Å². The van der Waals surface area contributed by atoms with Crippen molar-refractivity contribution in [3.8, 4) is 0 Å². The summed E-state index contributed by atoms with van der Waals surface area (Å²) in [6, 6.07) is 5.84. The smallest absolute Gasteiger partial charge is 0.317 e. The fourth-order valence-electron chi connectivity index (χ4n) is 2.98. The fourth-order valence-corrected chi connectivity index (χ4v) is 3.15. The molecule has 1 aromatic rings. The Hall–Kier alpha value is -1.36. The minimum absolute atomic E-state index is 0. The number of hydrogen-bond donors (Lipinski definition) is 0. The Bertz CT molecular complexity index is 657. The number of Topliss-reactive ketones (excluding diaryl/α,β-unsaturated/α-hetero) is 1. The average molecular weight is 356 g/mol. The van der Waals surface area contributed by atoms with Gasteiger partial charge in [-0.2, -0.15) is 0 Å². The van der Waals surface area contributed by atoms with Crippen molar-refractivity contribution in [2.24, 2.45) is 5.92 Å². The summed E-state index contributed by atoms with van der Waals surface area (Å²) in [5, 5.41) is 0.725. The molecule has 1 heterocycles. The topological polar surface area (TPSA) is 46.6 Å². The maximum atomic E-state index is 11.9. The number of carbonyl (C=O) groups excluding carboxylic acids is 2. The molecule has 2 aliphatic rings. The van der Waals surface area contributed by atoms with Crippen LogP contribution >= 0.6 is 24.0 Å². The van der Waals surface area contributed by atoms with Crippen LogP contribution in [0.4, 0.5) is 0 Å². The number of carbonyl (C=O) groups is 2. The van der Waals surface area contributed by atoms with Gasteiger partial charge in [-0.25, -0.2) is 0 Å². The minimum Gasteiger partial charge on any atom is -0.465 e. The molecule has 1 fully saturated rings. The predicted molar refractivity (Wildman–Crippen MR) is 92.8 cm³/mol. The highest BCUT2D eigenvalue weighted by Gasteiger charge is 2.34. The number of fused-ring (bicyclic) bond motifs is 1. The molecule has 0 bridgehead atoms. The van der Waals surface area contributed by atoms with Gasteiger partial charge >= 0.3 is 5.97 Å². The van der Waals surface area contributed by atoms with Crippen molar-refractivity contribution >= 4 is 47.4 Å². The summed E-state index contributed by atoms with van der Waals surface area (Å²) in [6.45, 7) is 3.91. The standard InChI is InChI=1S/C17H18ClNO3.ClH/c1-2-22-17(21)15-10-19(6-5-16(15)20)9-12-7-11-3-4-13(18)8-14(11)12;/h3-4,7-8,15H,2,5-6,9-10H2,1H3;1H. The fraction of sp³-hybridized carbons (Fsp3) is 0.412.